The van der Waals surface area contributed by atoms with Crippen molar-refractivity contribution in [3.8, 4) is 0 Å². The Morgan fingerprint density at radius 1 is 1.59 bits per heavy atom. The lowest BCUT2D eigenvalue weighted by molar-refractivity contribution is -0.117. The minimum Gasteiger partial charge on any atom is -0.334 e. The number of aryl methyl sites for hydroxylation is 1. The van der Waals surface area contributed by atoms with Gasteiger partial charge in [0.1, 0.15) is 6.04 Å². The third-order valence-electron chi connectivity index (χ3n) is 2.44. The maximum atomic E-state index is 11.9. The first-order chi connectivity index (χ1) is 8.08. The van der Waals surface area contributed by atoms with E-state index in [4.69, 9.17) is 0 Å². The monoisotopic (exact) mass is 314 g/mol. The van der Waals surface area contributed by atoms with E-state index in [1.807, 2.05) is 25.1 Å². The molecule has 0 aliphatic carbocycles. The Morgan fingerprint density at radius 3 is 3.00 bits per heavy atom. The van der Waals surface area contributed by atoms with Gasteiger partial charge in [0.2, 0.25) is 5.91 Å². The maximum Gasteiger partial charge on any atom is 0.279 e. The average molecular weight is 315 g/mol. The Kier molecular flexibility index (Phi) is 3.73. The van der Waals surface area contributed by atoms with Crippen LogP contribution in [0.25, 0.3) is 0 Å². The Bertz CT molecular complexity index is 479. The molecule has 1 saturated heterocycles. The number of anilines is 1. The van der Waals surface area contributed by atoms with E-state index in [2.05, 4.69) is 26.6 Å². The molecule has 4 nitrogen and oxygen atoms in total. The van der Waals surface area contributed by atoms with E-state index in [1.54, 1.807) is 0 Å². The first kappa shape index (κ1) is 12.4. The molecule has 0 saturated carbocycles. The fourth-order valence-electron chi connectivity index (χ4n) is 1.49. The quantitative estimate of drug-likeness (QED) is 0.882. The Labute approximate surface area is 112 Å². The van der Waals surface area contributed by atoms with Crippen LogP contribution >= 0.6 is 27.7 Å². The molecule has 17 heavy (non-hydrogen) atoms. The molecule has 2 rings (SSSR count). The van der Waals surface area contributed by atoms with Crippen molar-refractivity contribution in [1.29, 1.82) is 0 Å². The molecule has 1 aromatic carbocycles. The molecule has 1 atom stereocenters. The maximum absolute atomic E-state index is 11.9. The molecule has 2 N–H and O–H groups in total. The number of hydrogen-bond acceptors (Lipinski definition) is 3. The van der Waals surface area contributed by atoms with Gasteiger partial charge in [-0.2, -0.15) is 0 Å². The zero-order valence-corrected chi connectivity index (χ0v) is 11.5. The molecule has 1 aliphatic heterocycles. The number of benzene rings is 1. The summed E-state index contributed by atoms with van der Waals surface area (Å²) in [5, 5.41) is 5.26. The Balaban J connectivity index is 2.08. The van der Waals surface area contributed by atoms with Gasteiger partial charge in [0.25, 0.3) is 5.24 Å². The van der Waals surface area contributed by atoms with E-state index in [0.717, 1.165) is 27.5 Å². The van der Waals surface area contributed by atoms with Crippen LogP contribution in [0, 0.1) is 6.92 Å². The molecule has 1 aromatic rings. The number of nitrogens with one attached hydrogen (secondary N) is 2. The highest BCUT2D eigenvalue weighted by Crippen LogP contribution is 2.26. The van der Waals surface area contributed by atoms with Crippen LogP contribution in [0.15, 0.2) is 22.7 Å². The predicted molar refractivity (Wildman–Crippen MR) is 72.3 cm³/mol. The van der Waals surface area contributed by atoms with Crippen LogP contribution in [-0.2, 0) is 4.79 Å². The number of carbonyl (C=O) groups is 2. The van der Waals surface area contributed by atoms with E-state index in [-0.39, 0.29) is 11.1 Å². The van der Waals surface area contributed by atoms with Gasteiger partial charge in [0.15, 0.2) is 0 Å². The van der Waals surface area contributed by atoms with Crippen molar-refractivity contribution in [1.82, 2.24) is 5.32 Å². The van der Waals surface area contributed by atoms with Crippen molar-refractivity contribution in [2.75, 3.05) is 11.1 Å². The van der Waals surface area contributed by atoms with E-state index in [9.17, 15) is 9.59 Å². The topological polar surface area (TPSA) is 58.2 Å². The number of amides is 2. The Morgan fingerprint density at radius 2 is 2.35 bits per heavy atom. The summed E-state index contributed by atoms with van der Waals surface area (Å²) in [4.78, 5) is 22.9. The van der Waals surface area contributed by atoms with Crippen LogP contribution < -0.4 is 10.6 Å². The summed E-state index contributed by atoms with van der Waals surface area (Å²) in [7, 11) is 0. The lowest BCUT2D eigenvalue weighted by atomic mass is 10.2. The summed E-state index contributed by atoms with van der Waals surface area (Å²) in [6.45, 7) is 1.95. The molecule has 6 heteroatoms. The van der Waals surface area contributed by atoms with E-state index in [0.29, 0.717) is 5.75 Å². The van der Waals surface area contributed by atoms with Crippen LogP contribution in [-0.4, -0.2) is 22.9 Å². The first-order valence-corrected chi connectivity index (χ1v) is 6.85. The van der Waals surface area contributed by atoms with Crippen LogP contribution in [0.5, 0.6) is 0 Å². The molecule has 1 heterocycles. The van der Waals surface area contributed by atoms with Crippen molar-refractivity contribution >= 4 is 44.5 Å². The summed E-state index contributed by atoms with van der Waals surface area (Å²) in [5.41, 5.74) is 1.77. The third kappa shape index (κ3) is 2.81. The summed E-state index contributed by atoms with van der Waals surface area (Å²) in [5.74, 6) is 0.295. The number of hydrogen-bond donors (Lipinski definition) is 2. The van der Waals surface area contributed by atoms with Gasteiger partial charge >= 0.3 is 0 Å². The van der Waals surface area contributed by atoms with Crippen molar-refractivity contribution < 1.29 is 9.59 Å². The third-order valence-corrected chi connectivity index (χ3v) is 4.37. The van der Waals surface area contributed by atoms with Gasteiger partial charge in [-0.15, -0.1) is 0 Å². The number of halogens is 1. The first-order valence-electron chi connectivity index (χ1n) is 5.07. The molecule has 0 spiro atoms. The zero-order chi connectivity index (χ0) is 12.4. The largest absolute Gasteiger partial charge is 0.334 e. The molecule has 0 aromatic heterocycles. The lowest BCUT2D eigenvalue weighted by Gasteiger charge is -2.12. The van der Waals surface area contributed by atoms with E-state index >= 15 is 0 Å². The zero-order valence-electron chi connectivity index (χ0n) is 9.12. The van der Waals surface area contributed by atoms with Gasteiger partial charge in [0.05, 0.1) is 5.69 Å². The van der Waals surface area contributed by atoms with Crippen LogP contribution in [0.2, 0.25) is 0 Å². The number of rotatable bonds is 2. The number of carbonyl (C=O) groups excluding carboxylic acids is 2. The molecule has 90 valence electrons. The van der Waals surface area contributed by atoms with Gasteiger partial charge in [-0.25, -0.2) is 0 Å². The lowest BCUT2D eigenvalue weighted by Crippen LogP contribution is -2.38. The standard InChI is InChI=1S/C11H11BrN2O2S/c1-6-3-2-4-7(9(6)12)13-10(15)8-5-17-11(16)14-8/h2-4,8H,5H2,1H3,(H,13,15)(H,14,16). The molecule has 0 bridgehead atoms. The molecule has 0 radical (unpaired) electrons. The van der Waals surface area contributed by atoms with Crippen LogP contribution in [0.4, 0.5) is 10.5 Å². The Hall–Kier alpha value is -1.01. The highest BCUT2D eigenvalue weighted by atomic mass is 79.9. The van der Waals surface area contributed by atoms with Crippen molar-refractivity contribution in [2.24, 2.45) is 0 Å². The second-order valence-corrected chi connectivity index (χ2v) is 5.51. The van der Waals surface area contributed by atoms with Crippen molar-refractivity contribution in [2.45, 2.75) is 13.0 Å². The molecular weight excluding hydrogens is 304 g/mol. The van der Waals surface area contributed by atoms with Crippen molar-refractivity contribution in [3.63, 3.8) is 0 Å². The van der Waals surface area contributed by atoms with Gasteiger partial charge in [-0.3, -0.25) is 9.59 Å². The van der Waals surface area contributed by atoms with Crippen molar-refractivity contribution in [3.05, 3.63) is 28.2 Å². The fourth-order valence-corrected chi connectivity index (χ4v) is 2.63. The summed E-state index contributed by atoms with van der Waals surface area (Å²) in [6, 6.07) is 5.20. The second kappa shape index (κ2) is 5.10. The van der Waals surface area contributed by atoms with E-state index in [1.165, 1.54) is 0 Å². The normalized spacial score (nSPS) is 18.9. The van der Waals surface area contributed by atoms with Crippen LogP contribution in [0.3, 0.4) is 0 Å². The molecule has 1 aliphatic rings. The average Bonchev–Trinajstić information content (AvgIpc) is 2.72. The number of thioether (sulfide) groups is 1. The highest BCUT2D eigenvalue weighted by Gasteiger charge is 2.28. The van der Waals surface area contributed by atoms with Gasteiger partial charge in [0, 0.05) is 10.2 Å². The summed E-state index contributed by atoms with van der Waals surface area (Å²) in [6.07, 6.45) is 0. The predicted octanol–water partition coefficient (Wildman–Crippen LogP) is 2.52. The van der Waals surface area contributed by atoms with Gasteiger partial charge < -0.3 is 10.6 Å². The fraction of sp³-hybridized carbons (Fsp3) is 0.273. The smallest absolute Gasteiger partial charge is 0.279 e. The molecule has 1 fully saturated rings. The highest BCUT2D eigenvalue weighted by molar-refractivity contribution is 9.10. The second-order valence-electron chi connectivity index (χ2n) is 3.72. The SMILES string of the molecule is Cc1cccc(NC(=O)C2CSC(=O)N2)c1Br. The molecular formula is C11H11BrN2O2S. The van der Waals surface area contributed by atoms with Gasteiger partial charge in [-0.1, -0.05) is 23.9 Å². The minimum atomic E-state index is -0.445. The minimum absolute atomic E-state index is 0.145. The van der Waals surface area contributed by atoms with E-state index < -0.39 is 6.04 Å². The van der Waals surface area contributed by atoms with Gasteiger partial charge in [-0.05, 0) is 34.5 Å². The molecule has 2 amide bonds. The molecule has 1 unspecified atom stereocenters. The summed E-state index contributed by atoms with van der Waals surface area (Å²) < 4.78 is 0.866. The van der Waals surface area contributed by atoms with Crippen LogP contribution in [0.1, 0.15) is 5.56 Å². The summed E-state index contributed by atoms with van der Waals surface area (Å²) >= 11 is 4.55.